The first-order chi connectivity index (χ1) is 11.2. The van der Waals surface area contributed by atoms with E-state index in [-0.39, 0.29) is 5.91 Å². The summed E-state index contributed by atoms with van der Waals surface area (Å²) in [4.78, 5) is 22.6. The zero-order valence-electron chi connectivity index (χ0n) is 13.6. The molecule has 2 aliphatic rings. The van der Waals surface area contributed by atoms with Gasteiger partial charge in [0.25, 0.3) is 0 Å². The number of aromatic nitrogens is 2. The van der Waals surface area contributed by atoms with Crippen LogP contribution in [-0.2, 0) is 11.2 Å². The average molecular weight is 312 g/mol. The van der Waals surface area contributed by atoms with Crippen molar-refractivity contribution in [3.63, 3.8) is 0 Å². The quantitative estimate of drug-likeness (QED) is 0.913. The Hall–Kier alpha value is -1.88. The molecular weight excluding hydrogens is 288 g/mol. The smallest absolute Gasteiger partial charge is 0.223 e. The maximum Gasteiger partial charge on any atom is 0.223 e. The summed E-state index contributed by atoms with van der Waals surface area (Å²) in [5.74, 6) is 1.17. The van der Waals surface area contributed by atoms with E-state index in [4.69, 9.17) is 0 Å². The SMILES string of the molecule is Cc1cccc2[nH]c(CCC(=O)N3CCC4CCC(C3)N4)nc12. The van der Waals surface area contributed by atoms with Crippen molar-refractivity contribution in [2.24, 2.45) is 0 Å². The van der Waals surface area contributed by atoms with E-state index in [2.05, 4.69) is 28.3 Å². The minimum Gasteiger partial charge on any atom is -0.342 e. The van der Waals surface area contributed by atoms with Crippen LogP contribution in [0.15, 0.2) is 18.2 Å². The van der Waals surface area contributed by atoms with E-state index in [1.807, 2.05) is 17.0 Å². The molecule has 0 radical (unpaired) electrons. The summed E-state index contributed by atoms with van der Waals surface area (Å²) < 4.78 is 0. The Labute approximate surface area is 136 Å². The van der Waals surface area contributed by atoms with Crippen molar-refractivity contribution in [2.75, 3.05) is 13.1 Å². The third kappa shape index (κ3) is 2.98. The van der Waals surface area contributed by atoms with E-state index in [1.165, 1.54) is 18.4 Å². The van der Waals surface area contributed by atoms with Crippen LogP contribution in [-0.4, -0.2) is 45.9 Å². The molecule has 2 aliphatic heterocycles. The van der Waals surface area contributed by atoms with Crippen LogP contribution >= 0.6 is 0 Å². The number of hydrogen-bond donors (Lipinski definition) is 2. The number of benzene rings is 1. The Bertz CT molecular complexity index is 723. The molecule has 3 heterocycles. The van der Waals surface area contributed by atoms with E-state index < -0.39 is 0 Å². The van der Waals surface area contributed by atoms with Crippen molar-refractivity contribution in [2.45, 2.75) is 51.1 Å². The number of likely N-dealkylation sites (tertiary alicyclic amines) is 1. The second kappa shape index (κ2) is 5.96. The number of carbonyl (C=O) groups excluding carboxylic acids is 1. The molecule has 122 valence electrons. The maximum absolute atomic E-state index is 12.5. The lowest BCUT2D eigenvalue weighted by Crippen LogP contribution is -2.39. The van der Waals surface area contributed by atoms with Gasteiger partial charge in [-0.15, -0.1) is 0 Å². The predicted molar refractivity (Wildman–Crippen MR) is 90.3 cm³/mol. The van der Waals surface area contributed by atoms with Crippen LogP contribution in [0.4, 0.5) is 0 Å². The first kappa shape index (κ1) is 14.7. The number of rotatable bonds is 3. The van der Waals surface area contributed by atoms with E-state index >= 15 is 0 Å². The monoisotopic (exact) mass is 312 g/mol. The van der Waals surface area contributed by atoms with Crippen molar-refractivity contribution < 1.29 is 4.79 Å². The van der Waals surface area contributed by atoms with E-state index in [9.17, 15) is 4.79 Å². The van der Waals surface area contributed by atoms with Crippen LogP contribution in [0.2, 0.25) is 0 Å². The standard InChI is InChI=1S/C18H24N4O/c1-12-3-2-4-15-18(12)21-16(20-15)7-8-17(23)22-10-9-13-5-6-14(11-22)19-13/h2-4,13-14,19H,5-11H2,1H3,(H,20,21). The molecule has 1 aromatic carbocycles. The fraction of sp³-hybridized carbons (Fsp3) is 0.556. The van der Waals surface area contributed by atoms with E-state index in [0.717, 1.165) is 36.4 Å². The number of amides is 1. The molecule has 2 bridgehead atoms. The molecule has 2 aromatic rings. The minimum atomic E-state index is 0.261. The van der Waals surface area contributed by atoms with Gasteiger partial charge in [-0.25, -0.2) is 4.98 Å². The van der Waals surface area contributed by atoms with Gasteiger partial charge in [-0.1, -0.05) is 12.1 Å². The minimum absolute atomic E-state index is 0.261. The summed E-state index contributed by atoms with van der Waals surface area (Å²) >= 11 is 0. The van der Waals surface area contributed by atoms with Gasteiger partial charge in [-0.2, -0.15) is 0 Å². The summed E-state index contributed by atoms with van der Waals surface area (Å²) in [5, 5.41) is 3.62. The Morgan fingerprint density at radius 2 is 2.17 bits per heavy atom. The number of nitrogens with zero attached hydrogens (tertiary/aromatic N) is 2. The molecule has 2 atom stereocenters. The molecule has 0 aliphatic carbocycles. The zero-order chi connectivity index (χ0) is 15.8. The highest BCUT2D eigenvalue weighted by Gasteiger charge is 2.30. The number of fused-ring (bicyclic) bond motifs is 3. The van der Waals surface area contributed by atoms with Crippen molar-refractivity contribution in [3.05, 3.63) is 29.6 Å². The van der Waals surface area contributed by atoms with Crippen molar-refractivity contribution in [3.8, 4) is 0 Å². The number of H-pyrrole nitrogens is 1. The Morgan fingerprint density at radius 3 is 3.04 bits per heavy atom. The third-order valence-corrected chi connectivity index (χ3v) is 5.22. The highest BCUT2D eigenvalue weighted by atomic mass is 16.2. The van der Waals surface area contributed by atoms with Crippen LogP contribution in [0.1, 0.15) is 37.1 Å². The molecule has 1 amide bonds. The van der Waals surface area contributed by atoms with Gasteiger partial charge < -0.3 is 15.2 Å². The van der Waals surface area contributed by atoms with Gasteiger partial charge in [0.2, 0.25) is 5.91 Å². The molecule has 1 aromatic heterocycles. The number of imidazole rings is 1. The maximum atomic E-state index is 12.5. The van der Waals surface area contributed by atoms with Gasteiger partial charge >= 0.3 is 0 Å². The van der Waals surface area contributed by atoms with Crippen LogP contribution in [0.25, 0.3) is 11.0 Å². The van der Waals surface area contributed by atoms with Crippen LogP contribution < -0.4 is 5.32 Å². The number of carbonyl (C=O) groups is 1. The third-order valence-electron chi connectivity index (χ3n) is 5.22. The zero-order valence-corrected chi connectivity index (χ0v) is 13.6. The Balaban J connectivity index is 1.39. The Kier molecular flexibility index (Phi) is 3.81. The second-order valence-corrected chi connectivity index (χ2v) is 6.92. The van der Waals surface area contributed by atoms with Crippen LogP contribution in [0.5, 0.6) is 0 Å². The molecule has 2 unspecified atom stereocenters. The Morgan fingerprint density at radius 1 is 1.30 bits per heavy atom. The van der Waals surface area contributed by atoms with Crippen LogP contribution in [0.3, 0.4) is 0 Å². The summed E-state index contributed by atoms with van der Waals surface area (Å²) in [6.45, 7) is 3.83. The molecule has 4 rings (SSSR count). The molecular formula is C18H24N4O. The molecule has 5 nitrogen and oxygen atoms in total. The van der Waals surface area contributed by atoms with E-state index in [0.29, 0.717) is 24.9 Å². The fourth-order valence-electron chi connectivity index (χ4n) is 3.90. The van der Waals surface area contributed by atoms with Crippen LogP contribution in [0, 0.1) is 6.92 Å². The first-order valence-electron chi connectivity index (χ1n) is 8.67. The van der Waals surface area contributed by atoms with E-state index in [1.54, 1.807) is 0 Å². The average Bonchev–Trinajstić information content (AvgIpc) is 3.09. The first-order valence-corrected chi connectivity index (χ1v) is 8.67. The molecule has 0 spiro atoms. The van der Waals surface area contributed by atoms with Gasteiger partial charge in [0, 0.05) is 38.0 Å². The second-order valence-electron chi connectivity index (χ2n) is 6.92. The van der Waals surface area contributed by atoms with Crippen molar-refractivity contribution in [1.82, 2.24) is 20.2 Å². The van der Waals surface area contributed by atoms with Crippen molar-refractivity contribution in [1.29, 1.82) is 0 Å². The number of aryl methyl sites for hydroxylation is 2. The largest absolute Gasteiger partial charge is 0.342 e. The predicted octanol–water partition coefficient (Wildman–Crippen LogP) is 2.16. The lowest BCUT2D eigenvalue weighted by Gasteiger charge is -2.24. The molecule has 0 saturated carbocycles. The summed E-state index contributed by atoms with van der Waals surface area (Å²) in [6.07, 6.45) is 4.79. The lowest BCUT2D eigenvalue weighted by atomic mass is 10.1. The molecule has 2 N–H and O–H groups in total. The molecule has 2 fully saturated rings. The van der Waals surface area contributed by atoms with Crippen molar-refractivity contribution >= 4 is 16.9 Å². The number of aromatic amines is 1. The summed E-state index contributed by atoms with van der Waals surface area (Å²) in [5.41, 5.74) is 3.25. The highest BCUT2D eigenvalue weighted by Crippen LogP contribution is 2.21. The fourth-order valence-corrected chi connectivity index (χ4v) is 3.90. The van der Waals surface area contributed by atoms with Gasteiger partial charge in [-0.05, 0) is 37.8 Å². The molecule has 2 saturated heterocycles. The van der Waals surface area contributed by atoms with Gasteiger partial charge in [-0.3, -0.25) is 4.79 Å². The topological polar surface area (TPSA) is 61.0 Å². The lowest BCUT2D eigenvalue weighted by molar-refractivity contribution is -0.131. The normalized spacial score (nSPS) is 24.1. The van der Waals surface area contributed by atoms with Gasteiger partial charge in [0.05, 0.1) is 11.0 Å². The summed E-state index contributed by atoms with van der Waals surface area (Å²) in [7, 11) is 0. The van der Waals surface area contributed by atoms with Gasteiger partial charge in [0.15, 0.2) is 0 Å². The number of nitrogens with one attached hydrogen (secondary N) is 2. The number of hydrogen-bond acceptors (Lipinski definition) is 3. The highest BCUT2D eigenvalue weighted by molar-refractivity contribution is 5.79. The molecule has 5 heteroatoms. The van der Waals surface area contributed by atoms with Gasteiger partial charge in [0.1, 0.15) is 5.82 Å². The number of para-hydroxylation sites is 1. The molecule has 23 heavy (non-hydrogen) atoms. The summed E-state index contributed by atoms with van der Waals surface area (Å²) in [6, 6.07) is 7.26.